The highest BCUT2D eigenvalue weighted by Gasteiger charge is 2.46. The van der Waals surface area contributed by atoms with E-state index in [1.807, 2.05) is 20.8 Å². The van der Waals surface area contributed by atoms with Crippen LogP contribution in [0.3, 0.4) is 0 Å². The average Bonchev–Trinajstić information content (AvgIpc) is 2.48. The molecule has 0 aromatic heterocycles. The monoisotopic (exact) mass is 344 g/mol. The quantitative estimate of drug-likeness (QED) is 0.578. The van der Waals surface area contributed by atoms with Crippen LogP contribution < -0.4 is 0 Å². The van der Waals surface area contributed by atoms with Gasteiger partial charge in [-0.05, 0) is 57.3 Å². The summed E-state index contributed by atoms with van der Waals surface area (Å²) in [4.78, 5) is 0. The summed E-state index contributed by atoms with van der Waals surface area (Å²) in [6.45, 7) is 21.9. The van der Waals surface area contributed by atoms with Crippen LogP contribution in [0.5, 0.6) is 0 Å². The Kier molecular flexibility index (Phi) is 8.01. The molecule has 0 aromatic rings. The molecule has 0 saturated heterocycles. The zero-order valence-electron chi connectivity index (χ0n) is 18.0. The van der Waals surface area contributed by atoms with Gasteiger partial charge < -0.3 is 15.3 Å². The minimum atomic E-state index is -0.978. The lowest BCUT2D eigenvalue weighted by Gasteiger charge is -2.48. The van der Waals surface area contributed by atoms with Crippen LogP contribution in [0.15, 0.2) is 0 Å². The Balaban J connectivity index is 5.36. The Hall–Kier alpha value is -0.120. The van der Waals surface area contributed by atoms with Gasteiger partial charge in [-0.1, -0.05) is 54.9 Å². The van der Waals surface area contributed by atoms with Gasteiger partial charge in [-0.3, -0.25) is 0 Å². The lowest BCUT2D eigenvalue weighted by atomic mass is 9.62. The minimum absolute atomic E-state index is 0.00380. The molecule has 8 unspecified atom stereocenters. The Morgan fingerprint density at radius 1 is 0.667 bits per heavy atom. The average molecular weight is 345 g/mol. The molecule has 0 aliphatic rings. The predicted octanol–water partition coefficient (Wildman–Crippen LogP) is 4.49. The molecular formula is C21H44O3. The molecule has 0 aliphatic carbocycles. The van der Waals surface area contributed by atoms with Gasteiger partial charge in [-0.2, -0.15) is 0 Å². The van der Waals surface area contributed by atoms with E-state index in [4.69, 9.17) is 0 Å². The summed E-state index contributed by atoms with van der Waals surface area (Å²) in [6, 6.07) is 0. The molecule has 0 saturated carbocycles. The molecule has 3 nitrogen and oxygen atoms in total. The van der Waals surface area contributed by atoms with Crippen molar-refractivity contribution in [2.45, 2.75) is 99.4 Å². The van der Waals surface area contributed by atoms with Crippen molar-refractivity contribution in [1.82, 2.24) is 0 Å². The Morgan fingerprint density at radius 2 is 1.00 bits per heavy atom. The van der Waals surface area contributed by atoms with Crippen LogP contribution in [0.4, 0.5) is 0 Å². The summed E-state index contributed by atoms with van der Waals surface area (Å²) in [5, 5.41) is 32.4. The van der Waals surface area contributed by atoms with E-state index in [-0.39, 0.29) is 35.5 Å². The second kappa shape index (κ2) is 8.05. The van der Waals surface area contributed by atoms with Crippen LogP contribution in [-0.4, -0.2) is 32.1 Å². The van der Waals surface area contributed by atoms with E-state index in [1.165, 1.54) is 0 Å². The third-order valence-corrected chi connectivity index (χ3v) is 7.80. The van der Waals surface area contributed by atoms with Crippen molar-refractivity contribution in [3.8, 4) is 0 Å². The molecule has 0 rings (SSSR count). The van der Waals surface area contributed by atoms with Crippen LogP contribution in [0.1, 0.15) is 82.6 Å². The van der Waals surface area contributed by atoms with Gasteiger partial charge in [0.1, 0.15) is 0 Å². The molecule has 3 heteroatoms. The smallest absolute Gasteiger partial charge is 0.0700 e. The SMILES string of the molecule is CCC(C)C(C)(O)C(C)C(C)C(C)C(C)C(C)(O)C(C)C(C)(C)O. The topological polar surface area (TPSA) is 60.7 Å². The molecule has 0 fully saturated rings. The highest BCUT2D eigenvalue weighted by Crippen LogP contribution is 2.43. The molecule has 8 atom stereocenters. The molecule has 0 bridgehead atoms. The van der Waals surface area contributed by atoms with Crippen LogP contribution >= 0.6 is 0 Å². The van der Waals surface area contributed by atoms with Crippen LogP contribution in [-0.2, 0) is 0 Å². The van der Waals surface area contributed by atoms with Crippen LogP contribution in [0.2, 0.25) is 0 Å². The van der Waals surface area contributed by atoms with E-state index < -0.39 is 16.8 Å². The second-order valence-corrected chi connectivity index (χ2v) is 9.43. The van der Waals surface area contributed by atoms with Crippen molar-refractivity contribution < 1.29 is 15.3 Å². The summed E-state index contributed by atoms with van der Waals surface area (Å²) in [6.07, 6.45) is 0.946. The van der Waals surface area contributed by atoms with Crippen molar-refractivity contribution in [1.29, 1.82) is 0 Å². The van der Waals surface area contributed by atoms with Gasteiger partial charge in [0.05, 0.1) is 16.8 Å². The zero-order valence-corrected chi connectivity index (χ0v) is 18.0. The molecule has 3 N–H and O–H groups in total. The Labute approximate surface area is 150 Å². The summed E-state index contributed by atoms with van der Waals surface area (Å²) in [5.41, 5.74) is -2.64. The van der Waals surface area contributed by atoms with Gasteiger partial charge >= 0.3 is 0 Å². The first-order valence-corrected chi connectivity index (χ1v) is 9.69. The maximum atomic E-state index is 11.1. The van der Waals surface area contributed by atoms with E-state index in [9.17, 15) is 15.3 Å². The predicted molar refractivity (Wildman–Crippen MR) is 103 cm³/mol. The molecule has 0 amide bonds. The molecule has 24 heavy (non-hydrogen) atoms. The van der Waals surface area contributed by atoms with Gasteiger partial charge in [-0.15, -0.1) is 0 Å². The van der Waals surface area contributed by atoms with Crippen molar-refractivity contribution >= 4 is 0 Å². The minimum Gasteiger partial charge on any atom is -0.390 e. The standard InChI is InChI=1S/C21H44O3/c1-12-13(2)20(10,23)16(5)14(3)15(4)17(6)21(11,24)18(7)19(8,9)22/h13-18,22-24H,12H2,1-11H3. The molecular weight excluding hydrogens is 300 g/mol. The van der Waals surface area contributed by atoms with Crippen molar-refractivity contribution in [3.63, 3.8) is 0 Å². The summed E-state index contributed by atoms with van der Waals surface area (Å²) in [7, 11) is 0. The molecule has 0 aliphatic heterocycles. The molecule has 146 valence electrons. The van der Waals surface area contributed by atoms with E-state index in [0.29, 0.717) is 0 Å². The van der Waals surface area contributed by atoms with E-state index in [0.717, 1.165) is 6.42 Å². The molecule has 0 spiro atoms. The van der Waals surface area contributed by atoms with Gasteiger partial charge in [0.25, 0.3) is 0 Å². The highest BCUT2D eigenvalue weighted by atomic mass is 16.3. The normalized spacial score (nSPS) is 25.8. The highest BCUT2D eigenvalue weighted by molar-refractivity contribution is 4.96. The molecule has 0 heterocycles. The Morgan fingerprint density at radius 3 is 1.29 bits per heavy atom. The fourth-order valence-corrected chi connectivity index (χ4v) is 3.95. The lowest BCUT2D eigenvalue weighted by Crippen LogP contribution is -2.53. The first-order chi connectivity index (χ1) is 10.5. The largest absolute Gasteiger partial charge is 0.390 e. The second-order valence-electron chi connectivity index (χ2n) is 9.43. The lowest BCUT2D eigenvalue weighted by molar-refractivity contribution is -0.140. The van der Waals surface area contributed by atoms with Gasteiger partial charge in [-0.25, -0.2) is 0 Å². The van der Waals surface area contributed by atoms with Gasteiger partial charge in [0.2, 0.25) is 0 Å². The zero-order chi connectivity index (χ0) is 19.7. The van der Waals surface area contributed by atoms with E-state index in [1.54, 1.807) is 13.8 Å². The van der Waals surface area contributed by atoms with Crippen LogP contribution in [0, 0.1) is 35.5 Å². The maximum absolute atomic E-state index is 11.1. The van der Waals surface area contributed by atoms with Crippen molar-refractivity contribution in [2.24, 2.45) is 35.5 Å². The summed E-state index contributed by atoms with van der Waals surface area (Å²) >= 11 is 0. The maximum Gasteiger partial charge on any atom is 0.0700 e. The molecule has 0 radical (unpaired) electrons. The van der Waals surface area contributed by atoms with Crippen molar-refractivity contribution in [3.05, 3.63) is 0 Å². The fourth-order valence-electron chi connectivity index (χ4n) is 3.95. The van der Waals surface area contributed by atoms with Gasteiger partial charge in [0, 0.05) is 5.92 Å². The van der Waals surface area contributed by atoms with Crippen LogP contribution in [0.25, 0.3) is 0 Å². The van der Waals surface area contributed by atoms with Gasteiger partial charge in [0.15, 0.2) is 0 Å². The molecule has 0 aromatic carbocycles. The van der Waals surface area contributed by atoms with Crippen molar-refractivity contribution in [2.75, 3.05) is 0 Å². The number of hydrogen-bond donors (Lipinski definition) is 3. The van der Waals surface area contributed by atoms with E-state index in [2.05, 4.69) is 41.5 Å². The Bertz CT molecular complexity index is 381. The summed E-state index contributed by atoms with van der Waals surface area (Å²) < 4.78 is 0. The summed E-state index contributed by atoms with van der Waals surface area (Å²) in [5.74, 6) is 0.579. The first-order valence-electron chi connectivity index (χ1n) is 9.69. The third kappa shape index (κ3) is 4.95. The number of aliphatic hydroxyl groups is 3. The first kappa shape index (κ1) is 23.9. The fraction of sp³-hybridized carbons (Fsp3) is 1.00. The number of hydrogen-bond acceptors (Lipinski definition) is 3. The van der Waals surface area contributed by atoms with E-state index >= 15 is 0 Å². The third-order valence-electron chi connectivity index (χ3n) is 7.80. The number of rotatable bonds is 9.